The minimum atomic E-state index is -0.545. The van der Waals surface area contributed by atoms with Crippen molar-refractivity contribution < 1.29 is 9.59 Å². The molecule has 1 saturated carbocycles. The standard InChI is InChI=1S/C15H20N6O.C10H11NO.2C2H6/c1-20-10-11(8-18-20)19-13-7-12(9-17-14(13)15(16)22)21-5-3-2-4-6-21;11-10(12)9-5-3-8(4-6-9)7-1-2-7;2*1-2/h7-10,19H,2-6H2,1H3,(H2,16,22);3-7H,1-2H2,(H2,11,12);2*1-2H3. The highest BCUT2D eigenvalue weighted by Gasteiger charge is 2.23. The smallest absolute Gasteiger partial charge is 0.269 e. The normalized spacial score (nSPS) is 14.0. The van der Waals surface area contributed by atoms with E-state index >= 15 is 0 Å². The Morgan fingerprint density at radius 2 is 1.55 bits per heavy atom. The van der Waals surface area contributed by atoms with Crippen LogP contribution in [0.25, 0.3) is 0 Å². The van der Waals surface area contributed by atoms with Crippen molar-refractivity contribution in [3.63, 3.8) is 0 Å². The summed E-state index contributed by atoms with van der Waals surface area (Å²) in [6.45, 7) is 10.0. The Morgan fingerprint density at radius 1 is 0.921 bits per heavy atom. The fourth-order valence-electron chi connectivity index (χ4n) is 4.05. The second kappa shape index (κ2) is 15.4. The fraction of sp³-hybridized carbons (Fsp3) is 0.448. The number of aromatic nitrogens is 3. The van der Waals surface area contributed by atoms with Gasteiger partial charge in [-0.1, -0.05) is 39.8 Å². The summed E-state index contributed by atoms with van der Waals surface area (Å²) >= 11 is 0. The van der Waals surface area contributed by atoms with Crippen molar-refractivity contribution in [1.82, 2.24) is 14.8 Å². The highest BCUT2D eigenvalue weighted by Crippen LogP contribution is 2.39. The molecule has 206 valence electrons. The van der Waals surface area contributed by atoms with E-state index in [2.05, 4.69) is 20.3 Å². The third-order valence-electron chi connectivity index (χ3n) is 6.06. The van der Waals surface area contributed by atoms with Gasteiger partial charge in [-0.15, -0.1) is 0 Å². The molecule has 5 rings (SSSR count). The van der Waals surface area contributed by atoms with Crippen LogP contribution in [0.3, 0.4) is 0 Å². The van der Waals surface area contributed by atoms with Crippen LogP contribution >= 0.6 is 0 Å². The summed E-state index contributed by atoms with van der Waals surface area (Å²) in [5.41, 5.74) is 15.1. The number of hydrogen-bond donors (Lipinski definition) is 3. The Labute approximate surface area is 226 Å². The monoisotopic (exact) mass is 521 g/mol. The fourth-order valence-corrected chi connectivity index (χ4v) is 4.05. The second-order valence-corrected chi connectivity index (χ2v) is 8.79. The number of anilines is 3. The van der Waals surface area contributed by atoms with Crippen molar-refractivity contribution in [1.29, 1.82) is 0 Å². The molecule has 1 aliphatic heterocycles. The van der Waals surface area contributed by atoms with Crippen molar-refractivity contribution in [2.24, 2.45) is 18.5 Å². The van der Waals surface area contributed by atoms with Crippen molar-refractivity contribution >= 4 is 28.9 Å². The maximum atomic E-state index is 11.6. The zero-order chi connectivity index (χ0) is 28.1. The number of piperidine rings is 1. The van der Waals surface area contributed by atoms with Crippen LogP contribution in [0.15, 0.2) is 48.9 Å². The highest BCUT2D eigenvalue weighted by molar-refractivity contribution is 5.97. The van der Waals surface area contributed by atoms with Crippen LogP contribution in [-0.2, 0) is 7.05 Å². The van der Waals surface area contributed by atoms with Crippen LogP contribution in [0.4, 0.5) is 17.1 Å². The average Bonchev–Trinajstić information content (AvgIpc) is 3.73. The van der Waals surface area contributed by atoms with Crippen molar-refractivity contribution in [3.05, 3.63) is 65.7 Å². The van der Waals surface area contributed by atoms with Gasteiger partial charge in [0.05, 0.1) is 29.5 Å². The SMILES string of the molecule is CC.CC.Cn1cc(Nc2cc(N3CCCCC3)cnc2C(N)=O)cn1.NC(=O)c1ccc(C2CC2)cc1. The van der Waals surface area contributed by atoms with Crippen molar-refractivity contribution in [2.75, 3.05) is 23.3 Å². The van der Waals surface area contributed by atoms with Gasteiger partial charge < -0.3 is 21.7 Å². The lowest BCUT2D eigenvalue weighted by molar-refractivity contribution is 0.0989. The van der Waals surface area contributed by atoms with Gasteiger partial charge in [-0.05, 0) is 61.8 Å². The molecule has 38 heavy (non-hydrogen) atoms. The minimum absolute atomic E-state index is 0.240. The first-order valence-electron chi connectivity index (χ1n) is 13.6. The number of amides is 2. The van der Waals surface area contributed by atoms with Gasteiger partial charge in [0.1, 0.15) is 0 Å². The number of nitrogens with one attached hydrogen (secondary N) is 1. The molecule has 1 aliphatic carbocycles. The molecular weight excluding hydrogens is 478 g/mol. The highest BCUT2D eigenvalue weighted by atomic mass is 16.1. The van der Waals surface area contributed by atoms with Crippen LogP contribution < -0.4 is 21.7 Å². The lowest BCUT2D eigenvalue weighted by atomic mass is 10.1. The van der Waals surface area contributed by atoms with E-state index in [1.807, 2.05) is 59.1 Å². The molecule has 0 atom stereocenters. The summed E-state index contributed by atoms with van der Waals surface area (Å²) in [4.78, 5) is 28.8. The first kappa shape index (κ1) is 30.3. The Hall–Kier alpha value is -3.88. The van der Waals surface area contributed by atoms with Gasteiger partial charge in [-0.25, -0.2) is 4.98 Å². The van der Waals surface area contributed by atoms with E-state index in [0.717, 1.165) is 30.4 Å². The zero-order valence-electron chi connectivity index (χ0n) is 23.4. The molecule has 3 aromatic rings. The van der Waals surface area contributed by atoms with Gasteiger partial charge >= 0.3 is 0 Å². The number of carbonyl (C=O) groups excluding carboxylic acids is 2. The Kier molecular flexibility index (Phi) is 12.3. The van der Waals surface area contributed by atoms with Gasteiger partial charge in [0, 0.05) is 31.9 Å². The number of benzene rings is 1. The number of pyridine rings is 1. The Morgan fingerprint density at radius 3 is 2.05 bits per heavy atom. The first-order valence-corrected chi connectivity index (χ1v) is 13.6. The van der Waals surface area contributed by atoms with E-state index in [1.54, 1.807) is 29.2 Å². The zero-order valence-corrected chi connectivity index (χ0v) is 23.4. The van der Waals surface area contributed by atoms with E-state index in [1.165, 1.54) is 37.7 Å². The van der Waals surface area contributed by atoms with Crippen LogP contribution in [-0.4, -0.2) is 39.7 Å². The molecule has 3 heterocycles. The molecule has 1 aromatic carbocycles. The van der Waals surface area contributed by atoms with Gasteiger partial charge in [0.25, 0.3) is 5.91 Å². The number of primary amides is 2. The average molecular weight is 522 g/mol. The van der Waals surface area contributed by atoms with Gasteiger partial charge in [-0.3, -0.25) is 14.3 Å². The largest absolute Gasteiger partial charge is 0.370 e. The molecule has 1 saturated heterocycles. The number of aryl methyl sites for hydroxylation is 1. The van der Waals surface area contributed by atoms with Gasteiger partial charge in [-0.2, -0.15) is 5.10 Å². The molecule has 0 spiro atoms. The van der Waals surface area contributed by atoms with E-state index in [4.69, 9.17) is 11.5 Å². The summed E-state index contributed by atoms with van der Waals surface area (Å²) < 4.78 is 1.69. The predicted octanol–water partition coefficient (Wildman–Crippen LogP) is 5.36. The third kappa shape index (κ3) is 8.90. The summed E-state index contributed by atoms with van der Waals surface area (Å²) in [6, 6.07) is 9.53. The van der Waals surface area contributed by atoms with Crippen LogP contribution in [0, 0.1) is 0 Å². The number of nitrogens with zero attached hydrogens (tertiary/aromatic N) is 4. The Balaban J connectivity index is 0.000000267. The third-order valence-corrected chi connectivity index (χ3v) is 6.06. The summed E-state index contributed by atoms with van der Waals surface area (Å²) in [5.74, 6) is -0.152. The number of carbonyl (C=O) groups is 2. The van der Waals surface area contributed by atoms with E-state index in [0.29, 0.717) is 11.3 Å². The van der Waals surface area contributed by atoms with Crippen molar-refractivity contribution in [3.8, 4) is 0 Å². The number of rotatable bonds is 6. The summed E-state index contributed by atoms with van der Waals surface area (Å²) in [7, 11) is 1.84. The summed E-state index contributed by atoms with van der Waals surface area (Å²) in [6.07, 6.45) is 11.5. The molecule has 9 nitrogen and oxygen atoms in total. The van der Waals surface area contributed by atoms with Crippen LogP contribution in [0.2, 0.25) is 0 Å². The van der Waals surface area contributed by atoms with Crippen molar-refractivity contribution in [2.45, 2.75) is 65.7 Å². The molecule has 2 amide bonds. The van der Waals surface area contributed by atoms with Gasteiger partial charge in [0.15, 0.2) is 5.69 Å². The quantitative estimate of drug-likeness (QED) is 0.400. The summed E-state index contributed by atoms with van der Waals surface area (Å²) in [5, 5.41) is 7.29. The second-order valence-electron chi connectivity index (χ2n) is 8.79. The molecule has 0 unspecified atom stereocenters. The molecule has 0 radical (unpaired) electrons. The molecule has 2 fully saturated rings. The topological polar surface area (TPSA) is 132 Å². The molecule has 5 N–H and O–H groups in total. The van der Waals surface area contributed by atoms with Crippen LogP contribution in [0.1, 0.15) is 92.1 Å². The molecular formula is C29H43N7O2. The molecule has 9 heteroatoms. The lowest BCUT2D eigenvalue weighted by Crippen LogP contribution is -2.29. The predicted molar refractivity (Wildman–Crippen MR) is 155 cm³/mol. The number of nitrogens with two attached hydrogens (primary N) is 2. The van der Waals surface area contributed by atoms with Crippen LogP contribution in [0.5, 0.6) is 0 Å². The maximum Gasteiger partial charge on any atom is 0.269 e. The lowest BCUT2D eigenvalue weighted by Gasteiger charge is -2.29. The van der Waals surface area contributed by atoms with E-state index < -0.39 is 5.91 Å². The molecule has 2 aliphatic rings. The number of hydrogen-bond acceptors (Lipinski definition) is 6. The molecule has 2 aromatic heterocycles. The minimum Gasteiger partial charge on any atom is -0.370 e. The van der Waals surface area contributed by atoms with E-state index in [-0.39, 0.29) is 11.6 Å². The first-order chi connectivity index (χ1) is 18.4. The van der Waals surface area contributed by atoms with E-state index in [9.17, 15) is 9.59 Å². The van der Waals surface area contributed by atoms with Gasteiger partial charge in [0.2, 0.25) is 5.91 Å². The Bertz CT molecular complexity index is 1150. The maximum absolute atomic E-state index is 11.6. The molecule has 0 bridgehead atoms.